The van der Waals surface area contributed by atoms with Crippen LogP contribution in [-0.2, 0) is 21.2 Å². The van der Waals surface area contributed by atoms with E-state index in [0.29, 0.717) is 32.6 Å². The maximum atomic E-state index is 12.7. The van der Waals surface area contributed by atoms with Gasteiger partial charge < -0.3 is 4.90 Å². The van der Waals surface area contributed by atoms with Crippen LogP contribution in [0.1, 0.15) is 19.4 Å². The second-order valence-corrected chi connectivity index (χ2v) is 9.70. The molecule has 0 aliphatic carbocycles. The summed E-state index contributed by atoms with van der Waals surface area (Å²) in [5.41, 5.74) is 0.789. The van der Waals surface area contributed by atoms with Gasteiger partial charge in [-0.1, -0.05) is 30.3 Å². The predicted octanol–water partition coefficient (Wildman–Crippen LogP) is 0.796. The zero-order chi connectivity index (χ0) is 18.2. The molecule has 138 valence electrons. The molecular formula is C18H27N3O3S. The minimum absolute atomic E-state index is 0.0481. The van der Waals surface area contributed by atoms with Gasteiger partial charge in [-0.3, -0.25) is 9.69 Å². The first-order valence-corrected chi connectivity index (χ1v) is 10.6. The van der Waals surface area contributed by atoms with Crippen molar-refractivity contribution in [1.29, 1.82) is 0 Å². The second kappa shape index (κ2) is 6.70. The molecule has 0 saturated carbocycles. The van der Waals surface area contributed by atoms with Crippen molar-refractivity contribution in [3.05, 3.63) is 35.9 Å². The summed E-state index contributed by atoms with van der Waals surface area (Å²) in [5.74, 6) is 0.111. The molecule has 2 fully saturated rings. The largest absolute Gasteiger partial charge is 0.340 e. The Balaban J connectivity index is 1.71. The molecule has 3 rings (SSSR count). The topological polar surface area (TPSA) is 60.9 Å². The lowest BCUT2D eigenvalue weighted by Crippen LogP contribution is -2.70. The molecule has 2 saturated heterocycles. The zero-order valence-electron chi connectivity index (χ0n) is 15.2. The van der Waals surface area contributed by atoms with Crippen molar-refractivity contribution in [3.63, 3.8) is 0 Å². The summed E-state index contributed by atoms with van der Waals surface area (Å²) < 4.78 is 25.6. The standard InChI is InChI=1S/C18H27N3O3S/c1-18(2)14-20(25(3,23)24)13-16-12-19(9-10-21(16)18)17(22)11-15-7-5-4-6-8-15/h4-8,16H,9-14H2,1-3H3. The zero-order valence-corrected chi connectivity index (χ0v) is 16.0. The fourth-order valence-electron chi connectivity index (χ4n) is 3.99. The Morgan fingerprint density at radius 3 is 2.48 bits per heavy atom. The fourth-order valence-corrected chi connectivity index (χ4v) is 4.99. The van der Waals surface area contributed by atoms with Crippen molar-refractivity contribution < 1.29 is 13.2 Å². The molecule has 1 aromatic rings. The third-order valence-corrected chi connectivity index (χ3v) is 6.47. The Hall–Kier alpha value is -1.44. The molecular weight excluding hydrogens is 338 g/mol. The van der Waals surface area contributed by atoms with Gasteiger partial charge >= 0.3 is 0 Å². The highest BCUT2D eigenvalue weighted by Crippen LogP contribution is 2.29. The van der Waals surface area contributed by atoms with Crippen LogP contribution in [0.3, 0.4) is 0 Å². The number of hydrogen-bond acceptors (Lipinski definition) is 4. The van der Waals surface area contributed by atoms with E-state index in [1.54, 1.807) is 4.31 Å². The van der Waals surface area contributed by atoms with E-state index in [2.05, 4.69) is 18.7 Å². The van der Waals surface area contributed by atoms with Gasteiger partial charge in [0.05, 0.1) is 12.7 Å². The number of sulfonamides is 1. The number of carbonyl (C=O) groups is 1. The van der Waals surface area contributed by atoms with Gasteiger partial charge in [-0.05, 0) is 19.4 Å². The van der Waals surface area contributed by atoms with Crippen LogP contribution in [0.4, 0.5) is 0 Å². The van der Waals surface area contributed by atoms with Crippen LogP contribution in [-0.4, -0.2) is 79.0 Å². The lowest BCUT2D eigenvalue weighted by atomic mass is 9.94. The van der Waals surface area contributed by atoms with E-state index in [9.17, 15) is 13.2 Å². The summed E-state index contributed by atoms with van der Waals surface area (Å²) in [4.78, 5) is 16.9. The fraction of sp³-hybridized carbons (Fsp3) is 0.611. The molecule has 25 heavy (non-hydrogen) atoms. The molecule has 0 aromatic heterocycles. The van der Waals surface area contributed by atoms with Crippen LogP contribution in [0.5, 0.6) is 0 Å². The van der Waals surface area contributed by atoms with Gasteiger partial charge in [-0.2, -0.15) is 4.31 Å². The number of nitrogens with zero attached hydrogens (tertiary/aromatic N) is 3. The molecule has 7 heteroatoms. The molecule has 0 bridgehead atoms. The van der Waals surface area contributed by atoms with E-state index in [1.165, 1.54) is 6.26 Å². The molecule has 1 atom stereocenters. The third kappa shape index (κ3) is 4.04. The first-order valence-electron chi connectivity index (χ1n) is 8.70. The predicted molar refractivity (Wildman–Crippen MR) is 97.7 cm³/mol. The SMILES string of the molecule is CC1(C)CN(S(C)(=O)=O)CC2CN(C(=O)Cc3ccccc3)CCN21. The molecule has 1 aromatic carbocycles. The van der Waals surface area contributed by atoms with Gasteiger partial charge in [-0.15, -0.1) is 0 Å². The minimum atomic E-state index is -3.23. The van der Waals surface area contributed by atoms with Crippen molar-refractivity contribution in [2.45, 2.75) is 31.8 Å². The molecule has 2 aliphatic rings. The Labute approximate surface area is 150 Å². The molecule has 0 N–H and O–H groups in total. The highest BCUT2D eigenvalue weighted by molar-refractivity contribution is 7.88. The quantitative estimate of drug-likeness (QED) is 0.795. The van der Waals surface area contributed by atoms with E-state index in [1.807, 2.05) is 35.2 Å². The highest BCUT2D eigenvalue weighted by Gasteiger charge is 2.45. The summed E-state index contributed by atoms with van der Waals surface area (Å²) in [6.45, 7) is 7.19. The number of amides is 1. The van der Waals surface area contributed by atoms with Crippen molar-refractivity contribution in [2.75, 3.05) is 39.0 Å². The lowest BCUT2D eigenvalue weighted by Gasteiger charge is -2.54. The molecule has 2 heterocycles. The Kier molecular flexibility index (Phi) is 4.92. The number of rotatable bonds is 3. The molecule has 0 spiro atoms. The summed E-state index contributed by atoms with van der Waals surface area (Å²) in [6.07, 6.45) is 1.66. The third-order valence-electron chi connectivity index (χ3n) is 5.26. The Morgan fingerprint density at radius 1 is 1.16 bits per heavy atom. The number of hydrogen-bond donors (Lipinski definition) is 0. The van der Waals surface area contributed by atoms with Crippen LogP contribution in [0.15, 0.2) is 30.3 Å². The maximum Gasteiger partial charge on any atom is 0.227 e. The van der Waals surface area contributed by atoms with Gasteiger partial charge in [0.2, 0.25) is 15.9 Å². The van der Waals surface area contributed by atoms with Crippen LogP contribution in [0.2, 0.25) is 0 Å². The van der Waals surface area contributed by atoms with E-state index in [4.69, 9.17) is 0 Å². The van der Waals surface area contributed by atoms with Crippen LogP contribution in [0.25, 0.3) is 0 Å². The van der Waals surface area contributed by atoms with Crippen molar-refractivity contribution in [1.82, 2.24) is 14.1 Å². The number of piperazine rings is 2. The number of benzene rings is 1. The van der Waals surface area contributed by atoms with Crippen LogP contribution >= 0.6 is 0 Å². The van der Waals surface area contributed by atoms with E-state index in [0.717, 1.165) is 12.1 Å². The number of carbonyl (C=O) groups excluding carboxylic acids is 1. The van der Waals surface area contributed by atoms with Gasteiger partial charge in [0.25, 0.3) is 0 Å². The average molecular weight is 365 g/mol. The lowest BCUT2D eigenvalue weighted by molar-refractivity contribution is -0.136. The molecule has 1 amide bonds. The maximum absolute atomic E-state index is 12.7. The minimum Gasteiger partial charge on any atom is -0.340 e. The first kappa shape index (κ1) is 18.4. The van der Waals surface area contributed by atoms with E-state index >= 15 is 0 Å². The highest BCUT2D eigenvalue weighted by atomic mass is 32.2. The van der Waals surface area contributed by atoms with E-state index in [-0.39, 0.29) is 17.5 Å². The first-order chi connectivity index (χ1) is 11.7. The van der Waals surface area contributed by atoms with Gasteiger partial charge in [-0.25, -0.2) is 8.42 Å². The monoisotopic (exact) mass is 365 g/mol. The molecule has 2 aliphatic heterocycles. The van der Waals surface area contributed by atoms with Gasteiger partial charge in [0.15, 0.2) is 0 Å². The van der Waals surface area contributed by atoms with Crippen LogP contribution < -0.4 is 0 Å². The Bertz CT molecular complexity index is 733. The summed E-state index contributed by atoms with van der Waals surface area (Å²) in [5, 5.41) is 0. The number of fused-ring (bicyclic) bond motifs is 1. The summed E-state index contributed by atoms with van der Waals surface area (Å²) >= 11 is 0. The van der Waals surface area contributed by atoms with Gasteiger partial charge in [0.1, 0.15) is 0 Å². The molecule has 0 radical (unpaired) electrons. The Morgan fingerprint density at radius 2 is 1.84 bits per heavy atom. The van der Waals surface area contributed by atoms with Crippen molar-refractivity contribution >= 4 is 15.9 Å². The van der Waals surface area contributed by atoms with Gasteiger partial charge in [0, 0.05) is 44.3 Å². The van der Waals surface area contributed by atoms with Crippen molar-refractivity contribution in [2.24, 2.45) is 0 Å². The van der Waals surface area contributed by atoms with Crippen molar-refractivity contribution in [3.8, 4) is 0 Å². The van der Waals surface area contributed by atoms with Crippen LogP contribution in [0, 0.1) is 0 Å². The summed E-state index contributed by atoms with van der Waals surface area (Å²) in [7, 11) is -3.23. The van der Waals surface area contributed by atoms with E-state index < -0.39 is 10.0 Å². The second-order valence-electron chi connectivity index (χ2n) is 7.72. The summed E-state index contributed by atoms with van der Waals surface area (Å²) in [6, 6.07) is 9.79. The smallest absolute Gasteiger partial charge is 0.227 e. The normalized spacial score (nSPS) is 24.8. The average Bonchev–Trinajstić information content (AvgIpc) is 2.53. The molecule has 1 unspecified atom stereocenters. The molecule has 6 nitrogen and oxygen atoms in total.